The second-order valence-corrected chi connectivity index (χ2v) is 8.69. The molecule has 0 amide bonds. The Hall–Kier alpha value is -0.842. The Morgan fingerprint density at radius 2 is 1.79 bits per heavy atom. The third kappa shape index (κ3) is 7.88. The Bertz CT molecular complexity index is 583. The first-order valence-corrected chi connectivity index (χ1v) is 10.2. The molecule has 1 heterocycles. The summed E-state index contributed by atoms with van der Waals surface area (Å²) >= 11 is 0. The molecule has 0 aromatic carbocycles. The maximum atomic E-state index is 11.9. The van der Waals surface area contributed by atoms with Crippen molar-refractivity contribution < 1.29 is 36.1 Å². The van der Waals surface area contributed by atoms with Crippen molar-refractivity contribution in [2.24, 2.45) is 21.6 Å². The van der Waals surface area contributed by atoms with Crippen LogP contribution in [0.1, 0.15) is 65.2 Å². The van der Waals surface area contributed by atoms with Gasteiger partial charge in [-0.15, -0.1) is 11.7 Å². The van der Waals surface area contributed by atoms with Gasteiger partial charge in [0.2, 0.25) is 0 Å². The van der Waals surface area contributed by atoms with E-state index in [-0.39, 0.29) is 49.8 Å². The number of Topliss-reactive ketones (excluding diaryl/α,β-unsaturated/α-hetero) is 1. The van der Waals surface area contributed by atoms with Gasteiger partial charge in [0.15, 0.2) is 11.5 Å². The number of azo groups is 1. The van der Waals surface area contributed by atoms with Crippen molar-refractivity contribution in [3.63, 3.8) is 0 Å². The van der Waals surface area contributed by atoms with Gasteiger partial charge in [-0.1, -0.05) is 32.8 Å². The summed E-state index contributed by atoms with van der Waals surface area (Å²) in [5.41, 5.74) is -0.137. The van der Waals surface area contributed by atoms with Gasteiger partial charge in [0.05, 0.1) is 12.1 Å². The fraction of sp³-hybridized carbons (Fsp3) is 0.762. The monoisotopic (exact) mass is 572 g/mol. The van der Waals surface area contributed by atoms with E-state index in [1.165, 1.54) is 25.9 Å². The fourth-order valence-corrected chi connectivity index (χ4v) is 3.83. The van der Waals surface area contributed by atoms with Gasteiger partial charge in [-0.05, 0) is 50.1 Å². The van der Waals surface area contributed by atoms with Crippen molar-refractivity contribution in [2.75, 3.05) is 13.1 Å². The molecule has 0 bridgehead atoms. The molecule has 1 saturated heterocycles. The number of hydrogen-bond donors (Lipinski definition) is 3. The van der Waals surface area contributed by atoms with E-state index in [9.17, 15) is 15.0 Å². The Balaban J connectivity index is 0.000000367. The minimum atomic E-state index is -0.477. The van der Waals surface area contributed by atoms with E-state index in [0.717, 1.165) is 31.6 Å². The molecule has 6 nitrogen and oxygen atoms in total. The number of nitrogens with zero attached hydrogens (tertiary/aromatic N) is 2. The van der Waals surface area contributed by atoms with E-state index < -0.39 is 6.10 Å². The maximum absolute atomic E-state index is 11.9. The normalized spacial score (nSPS) is 28.3. The van der Waals surface area contributed by atoms with Crippen molar-refractivity contribution in [3.8, 4) is 0 Å². The van der Waals surface area contributed by atoms with Gasteiger partial charge in [-0.3, -0.25) is 4.79 Å². The van der Waals surface area contributed by atoms with Crippen LogP contribution in [0.5, 0.6) is 0 Å². The van der Waals surface area contributed by atoms with Crippen molar-refractivity contribution >= 4 is 5.78 Å². The van der Waals surface area contributed by atoms with E-state index in [1.54, 1.807) is 0 Å². The van der Waals surface area contributed by atoms with Crippen LogP contribution in [0.4, 0.5) is 0 Å². The van der Waals surface area contributed by atoms with Gasteiger partial charge in [0.1, 0.15) is 5.76 Å². The first-order valence-electron chi connectivity index (χ1n) is 10.2. The average Bonchev–Trinajstić information content (AvgIpc) is 2.63. The maximum Gasteiger partial charge on any atom is 0.187 e. The zero-order chi connectivity index (χ0) is 19.9. The fourth-order valence-electron chi connectivity index (χ4n) is 3.83. The van der Waals surface area contributed by atoms with Crippen LogP contribution >= 0.6 is 0 Å². The van der Waals surface area contributed by atoms with Crippen LogP contribution in [0.15, 0.2) is 34.3 Å². The molecule has 2 atom stereocenters. The van der Waals surface area contributed by atoms with Gasteiger partial charge in [0, 0.05) is 33.9 Å². The zero-order valence-electron chi connectivity index (χ0n) is 17.1. The predicted octanol–water partition coefficient (Wildman–Crippen LogP) is 4.07. The predicted molar refractivity (Wildman–Crippen MR) is 107 cm³/mol. The van der Waals surface area contributed by atoms with Gasteiger partial charge in [0.25, 0.3) is 0 Å². The van der Waals surface area contributed by atoms with E-state index in [2.05, 4.69) is 28.2 Å². The molecule has 2 fully saturated rings. The molecule has 1 saturated carbocycles. The van der Waals surface area contributed by atoms with E-state index in [4.69, 9.17) is 0 Å². The molecule has 0 spiro atoms. The molecule has 3 N–H and O–H groups in total. The van der Waals surface area contributed by atoms with Crippen LogP contribution in [0.3, 0.4) is 0 Å². The van der Waals surface area contributed by atoms with Crippen LogP contribution in [0.2, 0.25) is 0 Å². The van der Waals surface area contributed by atoms with Crippen LogP contribution < -0.4 is 5.32 Å². The first-order chi connectivity index (χ1) is 12.8. The molecular formula is C21H35N3O3Pt. The van der Waals surface area contributed by atoms with Gasteiger partial charge in [-0.2, -0.15) is 5.11 Å². The molecule has 28 heavy (non-hydrogen) atoms. The number of hydrogen-bond acceptors (Lipinski definition) is 6. The van der Waals surface area contributed by atoms with E-state index >= 15 is 0 Å². The van der Waals surface area contributed by atoms with Crippen molar-refractivity contribution in [1.29, 1.82) is 0 Å². The molecule has 0 radical (unpaired) electrons. The molecular weight excluding hydrogens is 537 g/mol. The molecule has 2 unspecified atom stereocenters. The number of carbonyl (C=O) groups excluding carboxylic acids is 1. The van der Waals surface area contributed by atoms with Crippen molar-refractivity contribution in [1.82, 2.24) is 5.32 Å². The van der Waals surface area contributed by atoms with Crippen LogP contribution in [-0.2, 0) is 25.9 Å². The average molecular weight is 573 g/mol. The molecule has 0 aromatic heterocycles. The van der Waals surface area contributed by atoms with Crippen LogP contribution in [-0.4, -0.2) is 41.2 Å². The second kappa shape index (κ2) is 12.0. The number of ketones is 1. The zero-order valence-corrected chi connectivity index (χ0v) is 19.4. The number of carbonyl (C=O) groups is 1. The summed E-state index contributed by atoms with van der Waals surface area (Å²) in [6, 6.07) is -0.239. The standard InChI is InChI=1S/C14H22N2O3.C7H13N.Pt/c1-14(2)7-11(18)13(12(19)8-14)16-15-9-5-3-4-6-10(9)17;1-2-7-3-5-8-6-4-7;/h9-10,17-18H,3-8H2,1-2H3;2,7-8H,1,3-6H2;. The number of piperidine rings is 1. The molecule has 0 aromatic rings. The number of rotatable bonds is 3. The topological polar surface area (TPSA) is 94.3 Å². The minimum absolute atomic E-state index is 0. The molecule has 1 aliphatic heterocycles. The first kappa shape index (κ1) is 25.2. The Kier molecular flexibility index (Phi) is 10.8. The summed E-state index contributed by atoms with van der Waals surface area (Å²) in [4.78, 5) is 11.9. The van der Waals surface area contributed by atoms with Crippen LogP contribution in [0.25, 0.3) is 0 Å². The third-order valence-corrected chi connectivity index (χ3v) is 5.54. The summed E-state index contributed by atoms with van der Waals surface area (Å²) in [5.74, 6) is 0.648. The summed E-state index contributed by atoms with van der Waals surface area (Å²) in [7, 11) is 0. The molecule has 3 rings (SSSR count). The summed E-state index contributed by atoms with van der Waals surface area (Å²) in [6.45, 7) is 10.00. The SMILES string of the molecule is C=CC1CCNCC1.CC1(C)CC(=O)C(N=NC2CCCCC2O)=C(O)C1.[Pt]. The molecule has 7 heteroatoms. The van der Waals surface area contributed by atoms with E-state index in [1.807, 2.05) is 13.8 Å². The molecule has 3 aliphatic rings. The van der Waals surface area contributed by atoms with Gasteiger partial charge in [-0.25, -0.2) is 0 Å². The minimum Gasteiger partial charge on any atom is -0.510 e. The smallest absolute Gasteiger partial charge is 0.187 e. The van der Waals surface area contributed by atoms with Crippen molar-refractivity contribution in [3.05, 3.63) is 24.1 Å². The van der Waals surface area contributed by atoms with E-state index in [0.29, 0.717) is 12.8 Å². The number of allylic oxidation sites excluding steroid dienone is 3. The number of nitrogens with one attached hydrogen (secondary N) is 1. The second-order valence-electron chi connectivity index (χ2n) is 8.69. The number of aliphatic hydroxyl groups is 2. The number of aliphatic hydroxyl groups excluding tert-OH is 2. The van der Waals surface area contributed by atoms with Crippen molar-refractivity contribution in [2.45, 2.75) is 77.4 Å². The summed E-state index contributed by atoms with van der Waals surface area (Å²) < 4.78 is 0. The molecule has 2 aliphatic carbocycles. The quantitative estimate of drug-likeness (QED) is 0.351. The Morgan fingerprint density at radius 3 is 2.32 bits per heavy atom. The van der Waals surface area contributed by atoms with Gasteiger partial charge < -0.3 is 15.5 Å². The Labute approximate surface area is 183 Å². The van der Waals surface area contributed by atoms with Crippen LogP contribution in [0, 0.1) is 11.3 Å². The largest absolute Gasteiger partial charge is 0.510 e. The van der Waals surface area contributed by atoms with Gasteiger partial charge >= 0.3 is 0 Å². The summed E-state index contributed by atoms with van der Waals surface area (Å²) in [5, 5.41) is 31.0. The summed E-state index contributed by atoms with van der Waals surface area (Å²) in [6.07, 6.45) is 8.53. The third-order valence-electron chi connectivity index (χ3n) is 5.54. The Morgan fingerprint density at radius 1 is 1.14 bits per heavy atom. The molecule has 162 valence electrons.